The Morgan fingerprint density at radius 3 is 2.50 bits per heavy atom. The van der Waals surface area contributed by atoms with Crippen molar-refractivity contribution < 1.29 is 0 Å². The van der Waals surface area contributed by atoms with Gasteiger partial charge >= 0.3 is 0 Å². The van der Waals surface area contributed by atoms with Crippen LogP contribution >= 0.6 is 35.3 Å². The first-order valence-electron chi connectivity index (χ1n) is 9.84. The number of halogens is 1. The van der Waals surface area contributed by atoms with Gasteiger partial charge in [0.1, 0.15) is 0 Å². The van der Waals surface area contributed by atoms with Crippen LogP contribution in [0.25, 0.3) is 0 Å². The number of aliphatic imine (C=N–C) groups is 1. The molecule has 7 heteroatoms. The van der Waals surface area contributed by atoms with Crippen LogP contribution in [0, 0.1) is 13.8 Å². The molecule has 2 N–H and O–H groups in total. The lowest BCUT2D eigenvalue weighted by atomic mass is 10.1. The molecule has 5 nitrogen and oxygen atoms in total. The monoisotopic (exact) mass is 513 g/mol. The molecule has 0 amide bonds. The van der Waals surface area contributed by atoms with E-state index in [0.29, 0.717) is 6.04 Å². The lowest BCUT2D eigenvalue weighted by Gasteiger charge is -2.29. The Labute approximate surface area is 190 Å². The third-order valence-electron chi connectivity index (χ3n) is 5.10. The van der Waals surface area contributed by atoms with Gasteiger partial charge in [-0.1, -0.05) is 30.3 Å². The molecule has 0 aliphatic carbocycles. The normalized spacial score (nSPS) is 15.9. The highest BCUT2D eigenvalue weighted by Gasteiger charge is 2.23. The van der Waals surface area contributed by atoms with E-state index in [2.05, 4.69) is 69.7 Å². The number of benzene rings is 1. The van der Waals surface area contributed by atoms with Crippen LogP contribution in [0.5, 0.6) is 0 Å². The number of nitrogens with one attached hydrogen (secondary N) is 2. The van der Waals surface area contributed by atoms with Crippen molar-refractivity contribution in [2.45, 2.75) is 39.2 Å². The molecule has 1 aromatic carbocycles. The van der Waals surface area contributed by atoms with Crippen LogP contribution < -0.4 is 10.6 Å². The summed E-state index contributed by atoms with van der Waals surface area (Å²) >= 11 is 1.79. The van der Waals surface area contributed by atoms with Crippen LogP contribution in [0.15, 0.2) is 35.3 Å². The van der Waals surface area contributed by atoms with Gasteiger partial charge in [-0.3, -0.25) is 9.89 Å². The Balaban J connectivity index is 0.00000280. The Morgan fingerprint density at radius 2 is 1.89 bits per heavy atom. The number of rotatable bonds is 7. The summed E-state index contributed by atoms with van der Waals surface area (Å²) in [4.78, 5) is 12.8. The first-order chi connectivity index (χ1) is 13.2. The molecule has 1 atom stereocenters. The van der Waals surface area contributed by atoms with Gasteiger partial charge in [0.2, 0.25) is 0 Å². The summed E-state index contributed by atoms with van der Waals surface area (Å²) in [6, 6.07) is 11.2. The van der Waals surface area contributed by atoms with Gasteiger partial charge in [-0.25, -0.2) is 4.98 Å². The molecule has 2 aromatic rings. The van der Waals surface area contributed by atoms with Crippen molar-refractivity contribution in [1.29, 1.82) is 0 Å². The minimum Gasteiger partial charge on any atom is -0.356 e. The highest BCUT2D eigenvalue weighted by atomic mass is 127. The summed E-state index contributed by atoms with van der Waals surface area (Å²) in [6.45, 7) is 8.24. The Morgan fingerprint density at radius 1 is 1.18 bits per heavy atom. The topological polar surface area (TPSA) is 52.6 Å². The molecule has 1 fully saturated rings. The summed E-state index contributed by atoms with van der Waals surface area (Å²) in [7, 11) is 1.84. The zero-order valence-electron chi connectivity index (χ0n) is 17.1. The van der Waals surface area contributed by atoms with Gasteiger partial charge in [0.25, 0.3) is 0 Å². The van der Waals surface area contributed by atoms with Crippen LogP contribution in [0.3, 0.4) is 0 Å². The molecular weight excluding hydrogens is 481 g/mol. The van der Waals surface area contributed by atoms with Crippen LogP contribution in [0.1, 0.15) is 40.0 Å². The van der Waals surface area contributed by atoms with E-state index in [0.717, 1.165) is 36.2 Å². The smallest absolute Gasteiger partial charge is 0.191 e. The van der Waals surface area contributed by atoms with E-state index in [9.17, 15) is 0 Å². The first-order valence-corrected chi connectivity index (χ1v) is 10.7. The second-order valence-electron chi connectivity index (χ2n) is 7.04. The molecule has 2 heterocycles. The van der Waals surface area contributed by atoms with Crippen LogP contribution in [-0.2, 0) is 6.42 Å². The fourth-order valence-electron chi connectivity index (χ4n) is 3.70. The SMILES string of the molecule is CN=C(NCCc1sc(C)nc1C)NCC(c1ccccc1)N1CCCC1.I. The van der Waals surface area contributed by atoms with E-state index in [1.54, 1.807) is 11.3 Å². The Kier molecular flexibility index (Phi) is 9.67. The molecule has 1 saturated heterocycles. The summed E-state index contributed by atoms with van der Waals surface area (Å²) < 4.78 is 0. The number of nitrogens with zero attached hydrogens (tertiary/aromatic N) is 3. The number of likely N-dealkylation sites (tertiary alicyclic amines) is 1. The highest BCUT2D eigenvalue weighted by molar-refractivity contribution is 14.0. The van der Waals surface area contributed by atoms with Gasteiger partial charge in [-0.05, 0) is 45.3 Å². The quantitative estimate of drug-likeness (QED) is 0.335. The maximum atomic E-state index is 4.51. The van der Waals surface area contributed by atoms with Gasteiger partial charge in [0.15, 0.2) is 5.96 Å². The average molecular weight is 513 g/mol. The van der Waals surface area contributed by atoms with Crippen molar-refractivity contribution >= 4 is 41.3 Å². The van der Waals surface area contributed by atoms with Crippen molar-refractivity contribution in [2.24, 2.45) is 4.99 Å². The third kappa shape index (κ3) is 6.42. The van der Waals surface area contributed by atoms with Crippen molar-refractivity contribution in [1.82, 2.24) is 20.5 Å². The molecule has 154 valence electrons. The minimum atomic E-state index is 0. The van der Waals surface area contributed by atoms with Gasteiger partial charge in [0.05, 0.1) is 16.7 Å². The number of hydrogen-bond donors (Lipinski definition) is 2. The van der Waals surface area contributed by atoms with Crippen molar-refractivity contribution in [3.8, 4) is 0 Å². The van der Waals surface area contributed by atoms with Crippen molar-refractivity contribution in [3.05, 3.63) is 51.5 Å². The highest BCUT2D eigenvalue weighted by Crippen LogP contribution is 2.24. The van der Waals surface area contributed by atoms with Crippen LogP contribution in [0.2, 0.25) is 0 Å². The molecule has 28 heavy (non-hydrogen) atoms. The van der Waals surface area contributed by atoms with E-state index in [-0.39, 0.29) is 24.0 Å². The minimum absolute atomic E-state index is 0. The van der Waals surface area contributed by atoms with E-state index >= 15 is 0 Å². The molecule has 0 spiro atoms. The number of thiazole rings is 1. The van der Waals surface area contributed by atoms with E-state index in [1.807, 2.05) is 7.05 Å². The lowest BCUT2D eigenvalue weighted by Crippen LogP contribution is -2.43. The van der Waals surface area contributed by atoms with E-state index < -0.39 is 0 Å². The fraction of sp³-hybridized carbons (Fsp3) is 0.524. The summed E-state index contributed by atoms with van der Waals surface area (Å²) in [6.07, 6.45) is 3.57. The summed E-state index contributed by atoms with van der Waals surface area (Å²) in [5, 5.41) is 8.13. The average Bonchev–Trinajstić information content (AvgIpc) is 3.31. The molecule has 1 unspecified atom stereocenters. The maximum Gasteiger partial charge on any atom is 0.191 e. The molecule has 0 bridgehead atoms. The third-order valence-corrected chi connectivity index (χ3v) is 6.23. The fourth-order valence-corrected chi connectivity index (χ4v) is 4.64. The predicted molar refractivity (Wildman–Crippen MR) is 130 cm³/mol. The van der Waals surface area contributed by atoms with Crippen molar-refractivity contribution in [2.75, 3.05) is 33.2 Å². The van der Waals surface area contributed by atoms with Crippen LogP contribution in [0.4, 0.5) is 0 Å². The predicted octanol–water partition coefficient (Wildman–Crippen LogP) is 3.92. The zero-order chi connectivity index (χ0) is 19.1. The number of aromatic nitrogens is 1. The van der Waals surface area contributed by atoms with E-state index in [1.165, 1.54) is 36.4 Å². The Hall–Kier alpha value is -1.19. The maximum absolute atomic E-state index is 4.51. The molecule has 1 aliphatic heterocycles. The number of guanidine groups is 1. The molecular formula is C21H32IN5S. The first kappa shape index (κ1) is 23.1. The molecule has 0 saturated carbocycles. The van der Waals surface area contributed by atoms with Gasteiger partial charge in [0, 0.05) is 31.4 Å². The lowest BCUT2D eigenvalue weighted by molar-refractivity contribution is 0.245. The molecule has 0 radical (unpaired) electrons. The van der Waals surface area contributed by atoms with E-state index in [4.69, 9.17) is 0 Å². The summed E-state index contributed by atoms with van der Waals surface area (Å²) in [5.41, 5.74) is 2.53. The number of aryl methyl sites for hydroxylation is 2. The summed E-state index contributed by atoms with van der Waals surface area (Å²) in [5.74, 6) is 0.869. The van der Waals surface area contributed by atoms with Gasteiger partial charge < -0.3 is 10.6 Å². The Bertz CT molecular complexity index is 741. The largest absolute Gasteiger partial charge is 0.356 e. The standard InChI is InChI=1S/C21H31N5S.HI/c1-16-20(27-17(2)25-16)11-12-23-21(22-3)24-15-19(26-13-7-8-14-26)18-9-5-4-6-10-18;/h4-6,9-10,19H,7-8,11-15H2,1-3H3,(H2,22,23,24);1H. The molecule has 3 rings (SSSR count). The van der Waals surface area contributed by atoms with Gasteiger partial charge in [-0.2, -0.15) is 0 Å². The number of hydrogen-bond acceptors (Lipinski definition) is 4. The van der Waals surface area contributed by atoms with Gasteiger partial charge in [-0.15, -0.1) is 35.3 Å². The second-order valence-corrected chi connectivity index (χ2v) is 8.33. The second kappa shape index (κ2) is 11.7. The molecule has 1 aromatic heterocycles. The van der Waals surface area contributed by atoms with Crippen LogP contribution in [-0.4, -0.2) is 49.1 Å². The molecule has 1 aliphatic rings. The van der Waals surface area contributed by atoms with Crippen molar-refractivity contribution in [3.63, 3.8) is 0 Å². The zero-order valence-corrected chi connectivity index (χ0v) is 20.2.